The fraction of sp³-hybridized carbons (Fsp3) is 0.107. The number of nitrogens with one attached hydrogen (secondary N) is 1. The van der Waals surface area contributed by atoms with Gasteiger partial charge in [0.15, 0.2) is 5.75 Å². The molecular weight excluding hydrogens is 461 g/mol. The molecule has 0 fully saturated rings. The number of hydroxylamine groups is 2. The maximum atomic E-state index is 13.3. The first-order valence-electron chi connectivity index (χ1n) is 11.2. The third kappa shape index (κ3) is 6.24. The molecule has 1 heterocycles. The van der Waals surface area contributed by atoms with Crippen molar-refractivity contribution in [2.24, 2.45) is 0 Å². The zero-order valence-electron chi connectivity index (χ0n) is 19.5. The summed E-state index contributed by atoms with van der Waals surface area (Å²) in [6, 6.07) is 20.9. The molecule has 0 atom stereocenters. The molecule has 1 aromatic heterocycles. The highest BCUT2D eigenvalue weighted by Gasteiger charge is 2.19. The van der Waals surface area contributed by atoms with E-state index < -0.39 is 11.7 Å². The number of phenolic OH excluding ortho intramolecular Hbond substituents is 1. The van der Waals surface area contributed by atoms with Crippen molar-refractivity contribution in [3.63, 3.8) is 0 Å². The molecular formula is C28H24FN3O4. The summed E-state index contributed by atoms with van der Waals surface area (Å²) < 4.78 is 13.3. The van der Waals surface area contributed by atoms with Gasteiger partial charge >= 0.3 is 0 Å². The van der Waals surface area contributed by atoms with Crippen LogP contribution in [0.5, 0.6) is 11.5 Å². The van der Waals surface area contributed by atoms with Gasteiger partial charge in [0.25, 0.3) is 11.8 Å². The minimum Gasteiger partial charge on any atom is -0.507 e. The summed E-state index contributed by atoms with van der Waals surface area (Å²) in [6.07, 6.45) is 3.01. The lowest BCUT2D eigenvalue weighted by molar-refractivity contribution is -0.0394. The number of phenols is 1. The number of pyridine rings is 1. The highest BCUT2D eigenvalue weighted by Crippen LogP contribution is 2.19. The molecule has 0 unspecified atom stereocenters. The lowest BCUT2D eigenvalue weighted by Gasteiger charge is -2.23. The summed E-state index contributed by atoms with van der Waals surface area (Å²) in [5.74, 6) is -0.943. The summed E-state index contributed by atoms with van der Waals surface area (Å²) in [5, 5.41) is 14.0. The van der Waals surface area contributed by atoms with Crippen LogP contribution in [-0.4, -0.2) is 27.0 Å². The average molecular weight is 486 g/mol. The Morgan fingerprint density at radius 3 is 2.39 bits per heavy atom. The second kappa shape index (κ2) is 11.1. The first kappa shape index (κ1) is 24.4. The molecule has 0 bridgehead atoms. The van der Waals surface area contributed by atoms with Crippen molar-refractivity contribution < 1.29 is 23.9 Å². The topological polar surface area (TPSA) is 91.8 Å². The normalized spacial score (nSPS) is 10.5. The molecule has 0 saturated heterocycles. The number of hydrogen-bond donors (Lipinski definition) is 2. The number of aromatic hydroxyl groups is 1. The van der Waals surface area contributed by atoms with E-state index in [9.17, 15) is 19.1 Å². The molecule has 0 aliphatic rings. The molecule has 3 aromatic carbocycles. The van der Waals surface area contributed by atoms with Gasteiger partial charge in [0.05, 0.1) is 17.7 Å². The summed E-state index contributed by atoms with van der Waals surface area (Å²) in [7, 11) is 0. The maximum Gasteiger partial charge on any atom is 0.288 e. The Hall–Kier alpha value is -4.72. The minimum atomic E-state index is -0.409. The molecule has 2 amide bonds. The first-order valence-corrected chi connectivity index (χ1v) is 11.2. The monoisotopic (exact) mass is 485 g/mol. The van der Waals surface area contributed by atoms with E-state index in [0.717, 1.165) is 16.7 Å². The van der Waals surface area contributed by atoms with Gasteiger partial charge in [-0.2, -0.15) is 5.06 Å². The van der Waals surface area contributed by atoms with E-state index >= 15 is 0 Å². The molecule has 7 nitrogen and oxygen atoms in total. The summed E-state index contributed by atoms with van der Waals surface area (Å²) in [5.41, 5.74) is 3.03. The van der Waals surface area contributed by atoms with Crippen LogP contribution in [0.4, 0.5) is 4.39 Å². The van der Waals surface area contributed by atoms with E-state index in [0.29, 0.717) is 11.3 Å². The fourth-order valence-corrected chi connectivity index (χ4v) is 3.44. The number of nitrogens with zero attached hydrogens (tertiary/aromatic N) is 2. The van der Waals surface area contributed by atoms with E-state index in [1.165, 1.54) is 41.6 Å². The molecule has 0 aliphatic heterocycles. The Morgan fingerprint density at radius 2 is 1.72 bits per heavy atom. The predicted molar refractivity (Wildman–Crippen MR) is 132 cm³/mol. The Labute approximate surface area is 207 Å². The van der Waals surface area contributed by atoms with Crippen LogP contribution in [0.2, 0.25) is 0 Å². The van der Waals surface area contributed by atoms with E-state index in [4.69, 9.17) is 4.84 Å². The molecule has 2 N–H and O–H groups in total. The van der Waals surface area contributed by atoms with Gasteiger partial charge in [0.1, 0.15) is 11.6 Å². The molecule has 8 heteroatoms. The van der Waals surface area contributed by atoms with Crippen molar-refractivity contribution in [1.82, 2.24) is 15.4 Å². The molecule has 0 saturated carbocycles. The molecule has 182 valence electrons. The number of halogens is 1. The number of benzene rings is 3. The zero-order valence-corrected chi connectivity index (χ0v) is 19.5. The smallest absolute Gasteiger partial charge is 0.288 e. The number of amides is 2. The number of hydrogen-bond acceptors (Lipinski definition) is 5. The SMILES string of the molecule is Cc1ccc(C(=O)NCc2ccc(CN(Oc3ccc(F)cc3)C(=O)c3cccnc3)cc2)c(O)c1. The van der Waals surface area contributed by atoms with Crippen LogP contribution in [0.3, 0.4) is 0 Å². The van der Waals surface area contributed by atoms with Gasteiger partial charge in [0.2, 0.25) is 0 Å². The van der Waals surface area contributed by atoms with Crippen molar-refractivity contribution in [1.29, 1.82) is 0 Å². The Morgan fingerprint density at radius 1 is 1.00 bits per heavy atom. The van der Waals surface area contributed by atoms with Crippen LogP contribution < -0.4 is 10.2 Å². The number of carbonyl (C=O) groups is 2. The first-order chi connectivity index (χ1) is 17.4. The molecule has 0 spiro atoms. The van der Waals surface area contributed by atoms with Gasteiger partial charge in [-0.25, -0.2) is 4.39 Å². The van der Waals surface area contributed by atoms with Crippen molar-refractivity contribution in [2.45, 2.75) is 20.0 Å². The van der Waals surface area contributed by atoms with Gasteiger partial charge < -0.3 is 15.3 Å². The van der Waals surface area contributed by atoms with Crippen LogP contribution in [0.25, 0.3) is 0 Å². The van der Waals surface area contributed by atoms with Crippen LogP contribution in [0.15, 0.2) is 91.3 Å². The van der Waals surface area contributed by atoms with Crippen molar-refractivity contribution in [2.75, 3.05) is 0 Å². The van der Waals surface area contributed by atoms with E-state index in [-0.39, 0.29) is 30.3 Å². The quantitative estimate of drug-likeness (QED) is 0.350. The van der Waals surface area contributed by atoms with E-state index in [1.807, 2.05) is 31.2 Å². The van der Waals surface area contributed by atoms with Gasteiger partial charge in [-0.05, 0) is 72.1 Å². The van der Waals surface area contributed by atoms with Gasteiger partial charge in [-0.1, -0.05) is 30.3 Å². The standard InChI is InChI=1S/C28H24FN3O4/c1-19-4-13-25(26(33)15-19)27(34)31-16-20-5-7-21(8-6-20)18-32(28(35)22-3-2-14-30-17-22)36-24-11-9-23(29)10-12-24/h2-15,17,33H,16,18H2,1H3,(H,31,34). The molecule has 4 aromatic rings. The maximum absolute atomic E-state index is 13.3. The molecule has 4 rings (SSSR count). The largest absolute Gasteiger partial charge is 0.507 e. The Kier molecular flexibility index (Phi) is 7.55. The third-order valence-corrected chi connectivity index (χ3v) is 5.36. The van der Waals surface area contributed by atoms with Crippen molar-refractivity contribution in [3.05, 3.63) is 125 Å². The lowest BCUT2D eigenvalue weighted by atomic mass is 10.1. The zero-order chi connectivity index (χ0) is 25.5. The van der Waals surface area contributed by atoms with Crippen LogP contribution in [0, 0.1) is 12.7 Å². The average Bonchev–Trinajstić information content (AvgIpc) is 2.89. The number of rotatable bonds is 8. The minimum absolute atomic E-state index is 0.0672. The third-order valence-electron chi connectivity index (χ3n) is 5.36. The lowest BCUT2D eigenvalue weighted by Crippen LogP contribution is -2.33. The highest BCUT2D eigenvalue weighted by molar-refractivity contribution is 5.96. The van der Waals surface area contributed by atoms with Crippen molar-refractivity contribution in [3.8, 4) is 11.5 Å². The summed E-state index contributed by atoms with van der Waals surface area (Å²) in [4.78, 5) is 35.2. The molecule has 36 heavy (non-hydrogen) atoms. The van der Waals surface area contributed by atoms with E-state index in [1.54, 1.807) is 30.5 Å². The Bertz CT molecular complexity index is 1340. The molecule has 0 radical (unpaired) electrons. The van der Waals surface area contributed by atoms with Gasteiger partial charge in [-0.3, -0.25) is 14.6 Å². The Balaban J connectivity index is 1.44. The van der Waals surface area contributed by atoms with Crippen molar-refractivity contribution >= 4 is 11.8 Å². The highest BCUT2D eigenvalue weighted by atomic mass is 19.1. The number of aromatic nitrogens is 1. The van der Waals surface area contributed by atoms with Crippen LogP contribution in [0.1, 0.15) is 37.4 Å². The summed E-state index contributed by atoms with van der Waals surface area (Å²) in [6.45, 7) is 2.21. The number of carbonyl (C=O) groups excluding carboxylic acids is 2. The summed E-state index contributed by atoms with van der Waals surface area (Å²) >= 11 is 0. The second-order valence-electron chi connectivity index (χ2n) is 8.15. The van der Waals surface area contributed by atoms with Gasteiger partial charge in [0, 0.05) is 18.9 Å². The van der Waals surface area contributed by atoms with E-state index in [2.05, 4.69) is 10.3 Å². The fourth-order valence-electron chi connectivity index (χ4n) is 3.44. The van der Waals surface area contributed by atoms with Crippen LogP contribution >= 0.6 is 0 Å². The second-order valence-corrected chi connectivity index (χ2v) is 8.15. The molecule has 0 aliphatic carbocycles. The predicted octanol–water partition coefficient (Wildman–Crippen LogP) is 4.80. The van der Waals surface area contributed by atoms with Gasteiger partial charge in [-0.15, -0.1) is 0 Å². The number of aryl methyl sites for hydroxylation is 1. The van der Waals surface area contributed by atoms with Crippen LogP contribution in [-0.2, 0) is 13.1 Å².